The van der Waals surface area contributed by atoms with Crippen LogP contribution in [0.1, 0.15) is 31.3 Å². The first-order valence-corrected chi connectivity index (χ1v) is 8.60. The van der Waals surface area contributed by atoms with E-state index < -0.39 is 0 Å². The van der Waals surface area contributed by atoms with Gasteiger partial charge in [-0.05, 0) is 25.5 Å². The summed E-state index contributed by atoms with van der Waals surface area (Å²) in [6.45, 7) is 5.94. The van der Waals surface area contributed by atoms with Crippen molar-refractivity contribution >= 4 is 17.6 Å². The lowest BCUT2D eigenvalue weighted by Gasteiger charge is -2.25. The molecule has 2 aromatic rings. The smallest absolute Gasteiger partial charge is 0.318 e. The number of hydrogen-bond donors (Lipinski definition) is 1. The highest BCUT2D eigenvalue weighted by atomic mass is 35.5. The molecule has 7 nitrogen and oxygen atoms in total. The van der Waals surface area contributed by atoms with Crippen LogP contribution in [0.2, 0.25) is 5.02 Å². The number of methoxy groups -OCH3 is 1. The summed E-state index contributed by atoms with van der Waals surface area (Å²) in [6.07, 6.45) is 1.66. The maximum atomic E-state index is 12.7. The average molecular weight is 366 g/mol. The molecular formula is C17H24ClN5O2. The molecule has 136 valence electrons. The highest BCUT2D eigenvalue weighted by Gasteiger charge is 2.20. The molecule has 25 heavy (non-hydrogen) atoms. The van der Waals surface area contributed by atoms with Gasteiger partial charge in [0.1, 0.15) is 6.33 Å². The second-order valence-corrected chi connectivity index (χ2v) is 6.06. The molecule has 1 aromatic carbocycles. The minimum Gasteiger partial charge on any atom is -0.383 e. The second-order valence-electron chi connectivity index (χ2n) is 5.65. The summed E-state index contributed by atoms with van der Waals surface area (Å²) in [5.41, 5.74) is 0.889. The molecular weight excluding hydrogens is 342 g/mol. The lowest BCUT2D eigenvalue weighted by molar-refractivity contribution is 0.144. The van der Waals surface area contributed by atoms with E-state index in [2.05, 4.69) is 15.5 Å². The molecule has 2 amide bonds. The summed E-state index contributed by atoms with van der Waals surface area (Å²) in [6, 6.07) is 7.04. The van der Waals surface area contributed by atoms with E-state index in [0.717, 1.165) is 17.9 Å². The van der Waals surface area contributed by atoms with Gasteiger partial charge >= 0.3 is 6.03 Å². The molecule has 0 aliphatic heterocycles. The van der Waals surface area contributed by atoms with E-state index in [0.29, 0.717) is 24.7 Å². The Labute approximate surface area is 152 Å². The maximum Gasteiger partial charge on any atom is 0.318 e. The van der Waals surface area contributed by atoms with Crippen molar-refractivity contribution in [2.45, 2.75) is 33.0 Å². The Morgan fingerprint density at radius 2 is 2.20 bits per heavy atom. The predicted molar refractivity (Wildman–Crippen MR) is 96.4 cm³/mol. The van der Waals surface area contributed by atoms with Gasteiger partial charge in [-0.1, -0.05) is 29.8 Å². The van der Waals surface area contributed by atoms with Gasteiger partial charge in [-0.2, -0.15) is 0 Å². The molecule has 1 unspecified atom stereocenters. The Bertz CT molecular complexity index is 691. The van der Waals surface area contributed by atoms with Gasteiger partial charge in [-0.3, -0.25) is 0 Å². The number of nitrogens with one attached hydrogen (secondary N) is 1. The van der Waals surface area contributed by atoms with Crippen LogP contribution in [0.5, 0.6) is 0 Å². The fourth-order valence-electron chi connectivity index (χ4n) is 2.47. The highest BCUT2D eigenvalue weighted by Crippen LogP contribution is 2.18. The number of rotatable bonds is 8. The predicted octanol–water partition coefficient (Wildman–Crippen LogP) is 2.87. The first kappa shape index (κ1) is 19.2. The number of urea groups is 1. The minimum absolute atomic E-state index is 0.199. The van der Waals surface area contributed by atoms with Crippen LogP contribution < -0.4 is 5.32 Å². The molecule has 0 fully saturated rings. The molecule has 2 rings (SSSR count). The zero-order valence-corrected chi connectivity index (χ0v) is 15.5. The van der Waals surface area contributed by atoms with Crippen molar-refractivity contribution in [3.05, 3.63) is 47.0 Å². The average Bonchev–Trinajstić information content (AvgIpc) is 3.08. The summed E-state index contributed by atoms with van der Waals surface area (Å²) in [5, 5.41) is 11.6. The largest absolute Gasteiger partial charge is 0.383 e. The molecule has 1 aromatic heterocycles. The van der Waals surface area contributed by atoms with E-state index >= 15 is 0 Å². The molecule has 0 saturated carbocycles. The number of hydrogen-bond acceptors (Lipinski definition) is 4. The van der Waals surface area contributed by atoms with Gasteiger partial charge in [0, 0.05) is 31.8 Å². The van der Waals surface area contributed by atoms with Crippen LogP contribution in [0.25, 0.3) is 0 Å². The fourth-order valence-corrected chi connectivity index (χ4v) is 2.67. The van der Waals surface area contributed by atoms with E-state index in [1.807, 2.05) is 42.7 Å². The Balaban J connectivity index is 2.08. The molecule has 1 heterocycles. The maximum absolute atomic E-state index is 12.7. The number of amides is 2. The first-order chi connectivity index (χ1) is 12.1. The number of nitrogens with zero attached hydrogens (tertiary/aromatic N) is 4. The van der Waals surface area contributed by atoms with Crippen molar-refractivity contribution in [3.8, 4) is 0 Å². The van der Waals surface area contributed by atoms with Crippen molar-refractivity contribution in [1.82, 2.24) is 25.0 Å². The molecule has 0 radical (unpaired) electrons. The third-order valence-electron chi connectivity index (χ3n) is 3.89. The van der Waals surface area contributed by atoms with E-state index in [1.165, 1.54) is 0 Å². The number of carbonyl (C=O) groups excluding carboxylic acids is 1. The third-order valence-corrected chi connectivity index (χ3v) is 4.25. The number of halogens is 1. The van der Waals surface area contributed by atoms with E-state index in [9.17, 15) is 4.79 Å². The van der Waals surface area contributed by atoms with Crippen LogP contribution in [0.3, 0.4) is 0 Å². The molecule has 8 heteroatoms. The van der Waals surface area contributed by atoms with Gasteiger partial charge in [0.15, 0.2) is 5.82 Å². The number of ether oxygens (including phenoxy) is 1. The monoisotopic (exact) mass is 365 g/mol. The highest BCUT2D eigenvalue weighted by molar-refractivity contribution is 6.31. The number of aromatic nitrogens is 3. The van der Waals surface area contributed by atoms with Gasteiger partial charge in [0.05, 0.1) is 12.6 Å². The van der Waals surface area contributed by atoms with Gasteiger partial charge in [-0.25, -0.2) is 4.79 Å². The molecule has 1 atom stereocenters. The van der Waals surface area contributed by atoms with Gasteiger partial charge < -0.3 is 19.5 Å². The van der Waals surface area contributed by atoms with Gasteiger partial charge in [0.2, 0.25) is 0 Å². The van der Waals surface area contributed by atoms with Crippen molar-refractivity contribution in [2.75, 3.05) is 20.3 Å². The quantitative estimate of drug-likeness (QED) is 0.780. The summed E-state index contributed by atoms with van der Waals surface area (Å²) in [5.74, 6) is 0.722. The molecule has 0 bridgehead atoms. The van der Waals surface area contributed by atoms with E-state index in [4.69, 9.17) is 16.3 Å². The number of aryl methyl sites for hydroxylation is 1. The summed E-state index contributed by atoms with van der Waals surface area (Å²) >= 11 is 6.22. The summed E-state index contributed by atoms with van der Waals surface area (Å²) in [7, 11) is 1.61. The van der Waals surface area contributed by atoms with Crippen LogP contribution >= 0.6 is 11.6 Å². The first-order valence-electron chi connectivity index (χ1n) is 8.22. The lowest BCUT2D eigenvalue weighted by Crippen LogP contribution is -2.42. The molecule has 0 aliphatic rings. The van der Waals surface area contributed by atoms with Gasteiger partial charge in [-0.15, -0.1) is 10.2 Å². The third kappa shape index (κ3) is 5.17. The van der Waals surface area contributed by atoms with Crippen molar-refractivity contribution in [3.63, 3.8) is 0 Å². The standard InChI is InChI=1S/C17H24ClN5O2/c1-4-22-12-19-21-16(22)13(2)20-17(24)23(9-10-25-3)11-14-7-5-6-8-15(14)18/h5-8,12-13H,4,9-11H2,1-3H3,(H,20,24). The van der Waals surface area contributed by atoms with E-state index in [1.54, 1.807) is 18.3 Å². The topological polar surface area (TPSA) is 72.3 Å². The fraction of sp³-hybridized carbons (Fsp3) is 0.471. The normalized spacial score (nSPS) is 12.0. The van der Waals surface area contributed by atoms with Gasteiger partial charge in [0.25, 0.3) is 0 Å². The second kappa shape index (κ2) is 9.39. The van der Waals surface area contributed by atoms with Crippen LogP contribution in [-0.4, -0.2) is 46.0 Å². The van der Waals surface area contributed by atoms with Crippen LogP contribution in [0, 0.1) is 0 Å². The lowest BCUT2D eigenvalue weighted by atomic mass is 10.2. The molecule has 0 aliphatic carbocycles. The Morgan fingerprint density at radius 1 is 1.44 bits per heavy atom. The molecule has 1 N–H and O–H groups in total. The van der Waals surface area contributed by atoms with Crippen molar-refractivity contribution in [2.24, 2.45) is 0 Å². The van der Waals surface area contributed by atoms with Crippen molar-refractivity contribution < 1.29 is 9.53 Å². The molecule has 0 saturated heterocycles. The van der Waals surface area contributed by atoms with Crippen LogP contribution in [0.15, 0.2) is 30.6 Å². The summed E-state index contributed by atoms with van der Waals surface area (Å²) < 4.78 is 7.02. The van der Waals surface area contributed by atoms with Crippen LogP contribution in [-0.2, 0) is 17.8 Å². The Kier molecular flexibility index (Phi) is 7.21. The SMILES string of the molecule is CCn1cnnc1C(C)NC(=O)N(CCOC)Cc1ccccc1Cl. The van der Waals surface area contributed by atoms with Crippen molar-refractivity contribution in [1.29, 1.82) is 0 Å². The van der Waals surface area contributed by atoms with E-state index in [-0.39, 0.29) is 12.1 Å². The Morgan fingerprint density at radius 3 is 2.88 bits per heavy atom. The number of carbonyl (C=O) groups is 1. The molecule has 0 spiro atoms. The number of benzene rings is 1. The van der Waals surface area contributed by atoms with Crippen LogP contribution in [0.4, 0.5) is 4.79 Å². The Hall–Kier alpha value is -2.12. The zero-order valence-electron chi connectivity index (χ0n) is 14.8. The zero-order chi connectivity index (χ0) is 18.2. The minimum atomic E-state index is -0.258. The summed E-state index contributed by atoms with van der Waals surface area (Å²) in [4.78, 5) is 14.4.